The summed E-state index contributed by atoms with van der Waals surface area (Å²) in [5.41, 5.74) is 0.938. The maximum absolute atomic E-state index is 11.6. The lowest BCUT2D eigenvalue weighted by Crippen LogP contribution is -2.34. The second-order valence-corrected chi connectivity index (χ2v) is 5.47. The topological polar surface area (TPSA) is 49.3 Å². The van der Waals surface area contributed by atoms with E-state index in [0.29, 0.717) is 6.42 Å². The predicted octanol–water partition coefficient (Wildman–Crippen LogP) is 0.549. The minimum absolute atomic E-state index is 0.0978. The number of amides is 1. The fourth-order valence-electron chi connectivity index (χ4n) is 2.12. The van der Waals surface area contributed by atoms with Crippen LogP contribution in [0.4, 0.5) is 11.8 Å². The molecule has 0 aliphatic carbocycles. The first-order chi connectivity index (χ1) is 8.25. The summed E-state index contributed by atoms with van der Waals surface area (Å²) >= 11 is 1.96. The van der Waals surface area contributed by atoms with Crippen molar-refractivity contribution in [3.05, 3.63) is 11.8 Å². The Kier molecular flexibility index (Phi) is 2.66. The third-order valence-electron chi connectivity index (χ3n) is 3.16. The van der Waals surface area contributed by atoms with E-state index in [1.807, 2.05) is 11.8 Å². The van der Waals surface area contributed by atoms with Gasteiger partial charge in [0.15, 0.2) is 0 Å². The standard InChI is InChI=1S/C11H14N4OS/c1-14-9(16)6-8-7-12-11(13-10(8)14)15-2-4-17-5-3-15/h7H,2-6H2,1H3. The first-order valence-corrected chi connectivity index (χ1v) is 6.86. The number of fused-ring (bicyclic) bond motifs is 1. The van der Waals surface area contributed by atoms with Gasteiger partial charge in [-0.25, -0.2) is 4.98 Å². The van der Waals surface area contributed by atoms with Crippen LogP contribution in [0, 0.1) is 0 Å². The summed E-state index contributed by atoms with van der Waals surface area (Å²) < 4.78 is 0. The van der Waals surface area contributed by atoms with Gasteiger partial charge in [0.05, 0.1) is 6.42 Å². The van der Waals surface area contributed by atoms with Crippen molar-refractivity contribution in [3.8, 4) is 0 Å². The molecule has 0 spiro atoms. The molecule has 1 aromatic heterocycles. The van der Waals surface area contributed by atoms with E-state index in [1.54, 1.807) is 18.1 Å². The third kappa shape index (κ3) is 1.86. The highest BCUT2D eigenvalue weighted by molar-refractivity contribution is 7.99. The summed E-state index contributed by atoms with van der Waals surface area (Å²) in [4.78, 5) is 24.3. The molecule has 0 unspecified atom stereocenters. The largest absolute Gasteiger partial charge is 0.339 e. The van der Waals surface area contributed by atoms with Crippen molar-refractivity contribution < 1.29 is 4.79 Å². The Morgan fingerprint density at radius 2 is 2.12 bits per heavy atom. The molecule has 5 nitrogen and oxygen atoms in total. The highest BCUT2D eigenvalue weighted by Gasteiger charge is 2.27. The summed E-state index contributed by atoms with van der Waals surface area (Å²) in [6.45, 7) is 1.97. The van der Waals surface area contributed by atoms with Crippen molar-refractivity contribution >= 4 is 29.4 Å². The van der Waals surface area contributed by atoms with E-state index in [4.69, 9.17) is 0 Å². The van der Waals surface area contributed by atoms with E-state index in [1.165, 1.54) is 0 Å². The van der Waals surface area contributed by atoms with Crippen LogP contribution in [0.2, 0.25) is 0 Å². The highest BCUT2D eigenvalue weighted by Crippen LogP contribution is 2.27. The van der Waals surface area contributed by atoms with Gasteiger partial charge in [-0.3, -0.25) is 9.69 Å². The molecule has 3 heterocycles. The van der Waals surface area contributed by atoms with Crippen LogP contribution in [0.25, 0.3) is 0 Å². The number of anilines is 2. The molecule has 2 aliphatic heterocycles. The number of aromatic nitrogens is 2. The Hall–Kier alpha value is -1.30. The molecule has 1 amide bonds. The second kappa shape index (κ2) is 4.18. The van der Waals surface area contributed by atoms with Gasteiger partial charge in [0.2, 0.25) is 11.9 Å². The van der Waals surface area contributed by atoms with Gasteiger partial charge in [-0.1, -0.05) is 0 Å². The summed E-state index contributed by atoms with van der Waals surface area (Å²) in [7, 11) is 1.77. The van der Waals surface area contributed by atoms with Crippen LogP contribution in [0.3, 0.4) is 0 Å². The SMILES string of the molecule is CN1C(=O)Cc2cnc(N3CCSCC3)nc21. The Morgan fingerprint density at radius 1 is 1.35 bits per heavy atom. The molecule has 0 bridgehead atoms. The number of carbonyl (C=O) groups excluding carboxylic acids is 1. The lowest BCUT2D eigenvalue weighted by molar-refractivity contribution is -0.117. The molecule has 0 N–H and O–H groups in total. The van der Waals surface area contributed by atoms with Gasteiger partial charge in [0, 0.05) is 43.4 Å². The molecule has 6 heteroatoms. The maximum atomic E-state index is 11.6. The maximum Gasteiger partial charge on any atom is 0.232 e. The summed E-state index contributed by atoms with van der Waals surface area (Å²) in [6.07, 6.45) is 2.22. The van der Waals surface area contributed by atoms with Gasteiger partial charge in [0.1, 0.15) is 5.82 Å². The second-order valence-electron chi connectivity index (χ2n) is 4.25. The van der Waals surface area contributed by atoms with Gasteiger partial charge in [-0.2, -0.15) is 16.7 Å². The van der Waals surface area contributed by atoms with E-state index < -0.39 is 0 Å². The molecule has 90 valence electrons. The van der Waals surface area contributed by atoms with Crippen molar-refractivity contribution in [1.82, 2.24) is 9.97 Å². The monoisotopic (exact) mass is 250 g/mol. The van der Waals surface area contributed by atoms with Crippen LogP contribution >= 0.6 is 11.8 Å². The average molecular weight is 250 g/mol. The van der Waals surface area contributed by atoms with Crippen LogP contribution in [-0.2, 0) is 11.2 Å². The van der Waals surface area contributed by atoms with Crippen LogP contribution in [-0.4, -0.2) is 47.5 Å². The van der Waals surface area contributed by atoms with E-state index in [-0.39, 0.29) is 5.91 Å². The fourth-order valence-corrected chi connectivity index (χ4v) is 3.02. The molecule has 1 aromatic rings. The van der Waals surface area contributed by atoms with Crippen molar-refractivity contribution in [3.63, 3.8) is 0 Å². The molecule has 1 saturated heterocycles. The number of thioether (sulfide) groups is 1. The lowest BCUT2D eigenvalue weighted by Gasteiger charge is -2.26. The zero-order valence-electron chi connectivity index (χ0n) is 9.72. The molecule has 2 aliphatic rings. The first kappa shape index (κ1) is 10.8. The van der Waals surface area contributed by atoms with Crippen molar-refractivity contribution in [2.75, 3.05) is 41.4 Å². The van der Waals surface area contributed by atoms with E-state index in [0.717, 1.165) is 41.9 Å². The number of carbonyl (C=O) groups is 1. The molecular formula is C11H14N4OS. The quantitative estimate of drug-likeness (QED) is 0.728. The predicted molar refractivity (Wildman–Crippen MR) is 68.7 cm³/mol. The number of hydrogen-bond donors (Lipinski definition) is 0. The van der Waals surface area contributed by atoms with Crippen molar-refractivity contribution in [2.45, 2.75) is 6.42 Å². The number of likely N-dealkylation sites (N-methyl/N-ethyl adjacent to an activating group) is 1. The van der Waals surface area contributed by atoms with Gasteiger partial charge < -0.3 is 4.90 Å². The number of nitrogens with zero attached hydrogens (tertiary/aromatic N) is 4. The smallest absolute Gasteiger partial charge is 0.232 e. The Labute approximate surface area is 104 Å². The molecule has 0 aromatic carbocycles. The molecule has 1 fully saturated rings. The van der Waals surface area contributed by atoms with E-state index in [9.17, 15) is 4.79 Å². The van der Waals surface area contributed by atoms with Crippen molar-refractivity contribution in [1.29, 1.82) is 0 Å². The lowest BCUT2D eigenvalue weighted by atomic mass is 10.3. The molecule has 17 heavy (non-hydrogen) atoms. The minimum Gasteiger partial charge on any atom is -0.339 e. The van der Waals surface area contributed by atoms with Crippen LogP contribution < -0.4 is 9.80 Å². The summed E-state index contributed by atoms with van der Waals surface area (Å²) in [5.74, 6) is 3.87. The molecule has 3 rings (SSSR count). The van der Waals surface area contributed by atoms with Gasteiger partial charge in [-0.05, 0) is 0 Å². The Morgan fingerprint density at radius 3 is 2.88 bits per heavy atom. The van der Waals surface area contributed by atoms with Crippen LogP contribution in [0.1, 0.15) is 5.56 Å². The van der Waals surface area contributed by atoms with Gasteiger partial charge in [-0.15, -0.1) is 0 Å². The highest BCUT2D eigenvalue weighted by atomic mass is 32.2. The Bertz CT molecular complexity index is 459. The third-order valence-corrected chi connectivity index (χ3v) is 4.10. The van der Waals surface area contributed by atoms with Gasteiger partial charge in [0.25, 0.3) is 0 Å². The van der Waals surface area contributed by atoms with Crippen LogP contribution in [0.5, 0.6) is 0 Å². The van der Waals surface area contributed by atoms with Crippen molar-refractivity contribution in [2.24, 2.45) is 0 Å². The molecule has 0 atom stereocenters. The van der Waals surface area contributed by atoms with Crippen LogP contribution in [0.15, 0.2) is 6.20 Å². The molecule has 0 radical (unpaired) electrons. The zero-order valence-corrected chi connectivity index (χ0v) is 10.5. The first-order valence-electron chi connectivity index (χ1n) is 5.71. The zero-order chi connectivity index (χ0) is 11.8. The fraction of sp³-hybridized carbons (Fsp3) is 0.545. The minimum atomic E-state index is 0.0978. The average Bonchev–Trinajstić information content (AvgIpc) is 2.66. The summed E-state index contributed by atoms with van der Waals surface area (Å²) in [5, 5.41) is 0. The number of rotatable bonds is 1. The number of hydrogen-bond acceptors (Lipinski definition) is 5. The summed E-state index contributed by atoms with van der Waals surface area (Å²) in [6, 6.07) is 0. The van der Waals surface area contributed by atoms with Gasteiger partial charge >= 0.3 is 0 Å². The Balaban J connectivity index is 1.91. The molecule has 0 saturated carbocycles. The van der Waals surface area contributed by atoms with E-state index >= 15 is 0 Å². The molecular weight excluding hydrogens is 236 g/mol. The normalized spacial score (nSPS) is 19.7. The van der Waals surface area contributed by atoms with E-state index in [2.05, 4.69) is 14.9 Å².